The van der Waals surface area contributed by atoms with Gasteiger partial charge in [-0.3, -0.25) is 0 Å². The van der Waals surface area contributed by atoms with E-state index in [1.807, 2.05) is 25.1 Å². The van der Waals surface area contributed by atoms with Crippen molar-refractivity contribution in [3.05, 3.63) is 35.9 Å². The molecule has 0 aliphatic carbocycles. The lowest BCUT2D eigenvalue weighted by atomic mass is 10.0. The Morgan fingerprint density at radius 2 is 2.31 bits per heavy atom. The van der Waals surface area contributed by atoms with E-state index in [1.165, 1.54) is 0 Å². The molecule has 13 heavy (non-hydrogen) atoms. The van der Waals surface area contributed by atoms with E-state index in [1.54, 1.807) is 0 Å². The highest BCUT2D eigenvalue weighted by atomic mass is 16.7. The van der Waals surface area contributed by atoms with Crippen molar-refractivity contribution in [2.75, 3.05) is 6.79 Å². The molecule has 1 aromatic carbocycles. The molecule has 0 aromatic heterocycles. The van der Waals surface area contributed by atoms with E-state index in [-0.39, 0.29) is 0 Å². The summed E-state index contributed by atoms with van der Waals surface area (Å²) in [7, 11) is 0. The van der Waals surface area contributed by atoms with Crippen LogP contribution in [0.15, 0.2) is 24.8 Å². The lowest BCUT2D eigenvalue weighted by molar-refractivity contribution is -0.0165. The fourth-order valence-electron chi connectivity index (χ4n) is 1.46. The van der Waals surface area contributed by atoms with Crippen LogP contribution in [0.25, 0.3) is 5.57 Å². The van der Waals surface area contributed by atoms with Gasteiger partial charge >= 0.3 is 0 Å². The molecule has 1 aliphatic rings. The van der Waals surface area contributed by atoms with E-state index >= 15 is 0 Å². The van der Waals surface area contributed by atoms with Gasteiger partial charge in [0.15, 0.2) is 6.79 Å². The number of ether oxygens (including phenoxy) is 2. The van der Waals surface area contributed by atoms with Crippen LogP contribution in [0.2, 0.25) is 0 Å². The zero-order valence-corrected chi connectivity index (χ0v) is 7.67. The average Bonchev–Trinajstić information content (AvgIpc) is 2.17. The minimum absolute atomic E-state index is 0.345. The Labute approximate surface area is 77.8 Å². The number of para-hydroxylation sites is 1. The topological polar surface area (TPSA) is 18.5 Å². The van der Waals surface area contributed by atoms with Crippen molar-refractivity contribution in [3.63, 3.8) is 0 Å². The number of hydrogen-bond donors (Lipinski definition) is 0. The molecule has 0 radical (unpaired) electrons. The summed E-state index contributed by atoms with van der Waals surface area (Å²) < 4.78 is 10.6. The molecule has 0 spiro atoms. The molecular formula is C11H12O2. The van der Waals surface area contributed by atoms with E-state index < -0.39 is 0 Å². The van der Waals surface area contributed by atoms with Crippen LogP contribution in [0.4, 0.5) is 0 Å². The standard InChI is InChI=1S/C11H12O2/c1-8(2)10-5-3-4-9-6-12-7-13-11(9)10/h3-5H,1,6-7H2,2H3. The van der Waals surface area contributed by atoms with Crippen LogP contribution in [-0.2, 0) is 11.3 Å². The molecule has 0 N–H and O–H groups in total. The maximum Gasteiger partial charge on any atom is 0.189 e. The lowest BCUT2D eigenvalue weighted by Gasteiger charge is -2.20. The molecule has 0 atom stereocenters. The molecule has 1 heterocycles. The van der Waals surface area contributed by atoms with Gasteiger partial charge in [-0.15, -0.1) is 0 Å². The zero-order chi connectivity index (χ0) is 9.26. The lowest BCUT2D eigenvalue weighted by Crippen LogP contribution is -2.12. The SMILES string of the molecule is C=C(C)c1cccc2c1OCOC2. The van der Waals surface area contributed by atoms with E-state index in [0.29, 0.717) is 13.4 Å². The van der Waals surface area contributed by atoms with E-state index in [2.05, 4.69) is 6.58 Å². The van der Waals surface area contributed by atoms with Crippen molar-refractivity contribution in [1.82, 2.24) is 0 Å². The summed E-state index contributed by atoms with van der Waals surface area (Å²) >= 11 is 0. The van der Waals surface area contributed by atoms with Crippen molar-refractivity contribution in [2.24, 2.45) is 0 Å². The number of fused-ring (bicyclic) bond motifs is 1. The number of rotatable bonds is 1. The van der Waals surface area contributed by atoms with Crippen molar-refractivity contribution >= 4 is 5.57 Å². The van der Waals surface area contributed by atoms with Gasteiger partial charge in [-0.25, -0.2) is 0 Å². The predicted octanol–water partition coefficient (Wildman–Crippen LogP) is 2.59. The highest BCUT2D eigenvalue weighted by Crippen LogP contribution is 2.31. The van der Waals surface area contributed by atoms with Gasteiger partial charge in [0.2, 0.25) is 0 Å². The minimum Gasteiger partial charge on any atom is -0.467 e. The second-order valence-electron chi connectivity index (χ2n) is 3.18. The molecule has 0 bridgehead atoms. The second kappa shape index (κ2) is 3.23. The molecule has 2 heteroatoms. The summed E-state index contributed by atoms with van der Waals surface area (Å²) in [4.78, 5) is 0. The van der Waals surface area contributed by atoms with Gasteiger partial charge in [-0.2, -0.15) is 0 Å². The molecule has 2 nitrogen and oxygen atoms in total. The first-order chi connectivity index (χ1) is 6.29. The first-order valence-electron chi connectivity index (χ1n) is 4.27. The summed E-state index contributed by atoms with van der Waals surface area (Å²) in [5, 5.41) is 0. The maximum absolute atomic E-state index is 5.43. The Kier molecular flexibility index (Phi) is 2.07. The number of allylic oxidation sites excluding steroid dienone is 1. The Balaban J connectivity index is 2.52. The summed E-state index contributed by atoms with van der Waals surface area (Å²) in [6, 6.07) is 6.04. The van der Waals surface area contributed by atoms with Gasteiger partial charge < -0.3 is 9.47 Å². The first kappa shape index (κ1) is 8.32. The van der Waals surface area contributed by atoms with Gasteiger partial charge in [0.1, 0.15) is 5.75 Å². The fraction of sp³-hybridized carbons (Fsp3) is 0.273. The summed E-state index contributed by atoms with van der Waals surface area (Å²) in [6.07, 6.45) is 0. The first-order valence-corrected chi connectivity index (χ1v) is 4.27. The monoisotopic (exact) mass is 176 g/mol. The quantitative estimate of drug-likeness (QED) is 0.654. The predicted molar refractivity (Wildman–Crippen MR) is 51.4 cm³/mol. The van der Waals surface area contributed by atoms with E-state index in [4.69, 9.17) is 9.47 Å². The average molecular weight is 176 g/mol. The molecule has 0 fully saturated rings. The molecule has 1 aliphatic heterocycles. The van der Waals surface area contributed by atoms with Gasteiger partial charge in [0.25, 0.3) is 0 Å². The van der Waals surface area contributed by atoms with Crippen LogP contribution >= 0.6 is 0 Å². The molecule has 1 aromatic rings. The highest BCUT2D eigenvalue weighted by Gasteiger charge is 2.14. The molecule has 2 rings (SSSR count). The Bertz CT molecular complexity index is 342. The van der Waals surface area contributed by atoms with Gasteiger partial charge in [0, 0.05) is 11.1 Å². The van der Waals surface area contributed by atoms with Gasteiger partial charge in [-0.05, 0) is 12.5 Å². The third kappa shape index (κ3) is 1.45. The fourth-order valence-corrected chi connectivity index (χ4v) is 1.46. The number of benzene rings is 1. The molecule has 0 amide bonds. The van der Waals surface area contributed by atoms with E-state index in [0.717, 1.165) is 22.4 Å². The maximum atomic E-state index is 5.43. The van der Waals surface area contributed by atoms with Gasteiger partial charge in [0.05, 0.1) is 6.61 Å². The third-order valence-electron chi connectivity index (χ3n) is 2.10. The van der Waals surface area contributed by atoms with Crippen LogP contribution in [0, 0.1) is 0 Å². The van der Waals surface area contributed by atoms with Crippen molar-refractivity contribution in [1.29, 1.82) is 0 Å². The van der Waals surface area contributed by atoms with Crippen molar-refractivity contribution < 1.29 is 9.47 Å². The van der Waals surface area contributed by atoms with Crippen LogP contribution in [-0.4, -0.2) is 6.79 Å². The zero-order valence-electron chi connectivity index (χ0n) is 7.67. The highest BCUT2D eigenvalue weighted by molar-refractivity contribution is 5.68. The molecule has 68 valence electrons. The van der Waals surface area contributed by atoms with Crippen molar-refractivity contribution in [3.8, 4) is 5.75 Å². The smallest absolute Gasteiger partial charge is 0.189 e. The van der Waals surface area contributed by atoms with Crippen LogP contribution in [0.1, 0.15) is 18.1 Å². The Morgan fingerprint density at radius 3 is 3.08 bits per heavy atom. The summed E-state index contributed by atoms with van der Waals surface area (Å²) in [6.45, 7) is 6.87. The van der Waals surface area contributed by atoms with E-state index in [9.17, 15) is 0 Å². The Hall–Kier alpha value is -1.28. The van der Waals surface area contributed by atoms with Gasteiger partial charge in [-0.1, -0.05) is 24.8 Å². The second-order valence-corrected chi connectivity index (χ2v) is 3.18. The molecule has 0 saturated heterocycles. The normalized spacial score (nSPS) is 14.5. The molecule has 0 unspecified atom stereocenters. The summed E-state index contributed by atoms with van der Waals surface area (Å²) in [5.41, 5.74) is 3.21. The van der Waals surface area contributed by atoms with Crippen molar-refractivity contribution in [2.45, 2.75) is 13.5 Å². The Morgan fingerprint density at radius 1 is 1.46 bits per heavy atom. The molecule has 0 saturated carbocycles. The van der Waals surface area contributed by atoms with Crippen LogP contribution in [0.3, 0.4) is 0 Å². The summed E-state index contributed by atoms with van der Waals surface area (Å²) in [5.74, 6) is 0.932. The number of hydrogen-bond acceptors (Lipinski definition) is 2. The largest absolute Gasteiger partial charge is 0.467 e. The third-order valence-corrected chi connectivity index (χ3v) is 2.10. The van der Waals surface area contributed by atoms with Crippen LogP contribution in [0.5, 0.6) is 5.75 Å². The molecular weight excluding hydrogens is 164 g/mol. The minimum atomic E-state index is 0.345. The van der Waals surface area contributed by atoms with Crippen LogP contribution < -0.4 is 4.74 Å².